The zero-order chi connectivity index (χ0) is 13.8. The summed E-state index contributed by atoms with van der Waals surface area (Å²) in [5, 5.41) is 10.6. The molecule has 0 spiro atoms. The van der Waals surface area contributed by atoms with E-state index in [-0.39, 0.29) is 11.7 Å². The SMILES string of the molecule is NC(Cc1ccc([N+](=O)[O-])cc1)c1ccccc1I. The van der Waals surface area contributed by atoms with Crippen molar-refractivity contribution in [2.45, 2.75) is 12.5 Å². The number of hydrogen-bond donors (Lipinski definition) is 1. The van der Waals surface area contributed by atoms with Gasteiger partial charge in [0.25, 0.3) is 5.69 Å². The molecule has 0 heterocycles. The smallest absolute Gasteiger partial charge is 0.269 e. The number of nitrogens with two attached hydrogens (primary N) is 1. The molecule has 4 nitrogen and oxygen atoms in total. The Hall–Kier alpha value is -1.47. The lowest BCUT2D eigenvalue weighted by molar-refractivity contribution is -0.384. The minimum atomic E-state index is -0.399. The molecule has 0 aliphatic rings. The minimum Gasteiger partial charge on any atom is -0.324 e. The molecule has 0 saturated heterocycles. The number of halogens is 1. The molecule has 0 aliphatic heterocycles. The van der Waals surface area contributed by atoms with Crippen molar-refractivity contribution in [3.05, 3.63) is 73.3 Å². The van der Waals surface area contributed by atoms with E-state index >= 15 is 0 Å². The molecule has 2 rings (SSSR count). The van der Waals surface area contributed by atoms with Crippen molar-refractivity contribution in [3.63, 3.8) is 0 Å². The van der Waals surface area contributed by atoms with Gasteiger partial charge in [0.15, 0.2) is 0 Å². The van der Waals surface area contributed by atoms with Crippen molar-refractivity contribution in [2.24, 2.45) is 5.73 Å². The fourth-order valence-electron chi connectivity index (χ4n) is 1.89. The Morgan fingerprint density at radius 3 is 2.37 bits per heavy atom. The molecular formula is C14H13IN2O2. The molecule has 0 bridgehead atoms. The summed E-state index contributed by atoms with van der Waals surface area (Å²) in [6.45, 7) is 0. The monoisotopic (exact) mass is 368 g/mol. The Morgan fingerprint density at radius 1 is 1.16 bits per heavy atom. The molecule has 0 saturated carbocycles. The second-order valence-electron chi connectivity index (χ2n) is 4.26. The maximum absolute atomic E-state index is 10.6. The lowest BCUT2D eigenvalue weighted by Crippen LogP contribution is -2.14. The molecule has 98 valence electrons. The fourth-order valence-corrected chi connectivity index (χ4v) is 2.68. The summed E-state index contributed by atoms with van der Waals surface area (Å²) in [6, 6.07) is 14.4. The number of non-ortho nitro benzene ring substituents is 1. The van der Waals surface area contributed by atoms with Gasteiger partial charge in [-0.2, -0.15) is 0 Å². The Kier molecular flexibility index (Phi) is 4.49. The van der Waals surface area contributed by atoms with Gasteiger partial charge in [0.2, 0.25) is 0 Å². The summed E-state index contributed by atoms with van der Waals surface area (Å²) >= 11 is 2.26. The van der Waals surface area contributed by atoms with Gasteiger partial charge in [-0.3, -0.25) is 10.1 Å². The predicted octanol–water partition coefficient (Wildman–Crippen LogP) is 3.44. The van der Waals surface area contributed by atoms with E-state index in [2.05, 4.69) is 22.6 Å². The van der Waals surface area contributed by atoms with Crippen molar-refractivity contribution < 1.29 is 4.92 Å². The van der Waals surface area contributed by atoms with Crippen LogP contribution in [0.1, 0.15) is 17.2 Å². The molecule has 19 heavy (non-hydrogen) atoms. The summed E-state index contributed by atoms with van der Waals surface area (Å²) in [4.78, 5) is 10.2. The number of benzene rings is 2. The number of hydrogen-bond acceptors (Lipinski definition) is 3. The number of nitrogens with zero attached hydrogens (tertiary/aromatic N) is 1. The standard InChI is InChI=1S/C14H13IN2O2/c15-13-4-2-1-3-12(13)14(16)9-10-5-7-11(8-6-10)17(18)19/h1-8,14H,9,16H2. The van der Waals surface area contributed by atoms with Crippen LogP contribution in [0.4, 0.5) is 5.69 Å². The second kappa shape index (κ2) is 6.12. The van der Waals surface area contributed by atoms with Gasteiger partial charge in [-0.15, -0.1) is 0 Å². The highest BCUT2D eigenvalue weighted by atomic mass is 127. The topological polar surface area (TPSA) is 69.2 Å². The van der Waals surface area contributed by atoms with Crippen molar-refractivity contribution in [3.8, 4) is 0 Å². The van der Waals surface area contributed by atoms with Gasteiger partial charge < -0.3 is 5.73 Å². The van der Waals surface area contributed by atoms with Gasteiger partial charge in [0.05, 0.1) is 4.92 Å². The van der Waals surface area contributed by atoms with E-state index in [1.54, 1.807) is 12.1 Å². The molecule has 2 aromatic rings. The van der Waals surface area contributed by atoms with Crippen molar-refractivity contribution >= 4 is 28.3 Å². The average molecular weight is 368 g/mol. The third-order valence-electron chi connectivity index (χ3n) is 2.91. The van der Waals surface area contributed by atoms with Crippen molar-refractivity contribution in [1.82, 2.24) is 0 Å². The molecule has 0 aromatic heterocycles. The summed E-state index contributed by atoms with van der Waals surface area (Å²) in [5.74, 6) is 0. The molecule has 2 N–H and O–H groups in total. The van der Waals surface area contributed by atoms with Gasteiger partial charge in [0, 0.05) is 21.7 Å². The summed E-state index contributed by atoms with van der Waals surface area (Å²) in [5.41, 5.74) is 8.39. The number of nitro benzene ring substituents is 1. The van der Waals surface area contributed by atoms with Gasteiger partial charge in [0.1, 0.15) is 0 Å². The number of nitro groups is 1. The lowest BCUT2D eigenvalue weighted by atomic mass is 10.00. The van der Waals surface area contributed by atoms with E-state index in [4.69, 9.17) is 5.73 Å². The van der Waals surface area contributed by atoms with Gasteiger partial charge in [-0.1, -0.05) is 30.3 Å². The molecule has 1 unspecified atom stereocenters. The van der Waals surface area contributed by atoms with Crippen LogP contribution in [0.15, 0.2) is 48.5 Å². The molecule has 0 aliphatic carbocycles. The highest BCUT2D eigenvalue weighted by Gasteiger charge is 2.11. The Morgan fingerprint density at radius 2 is 1.79 bits per heavy atom. The van der Waals surface area contributed by atoms with E-state index in [1.807, 2.05) is 24.3 Å². The predicted molar refractivity (Wildman–Crippen MR) is 82.9 cm³/mol. The molecule has 0 amide bonds. The van der Waals surface area contributed by atoms with E-state index < -0.39 is 4.92 Å². The second-order valence-corrected chi connectivity index (χ2v) is 5.42. The van der Waals surface area contributed by atoms with E-state index in [9.17, 15) is 10.1 Å². The molecule has 2 aromatic carbocycles. The van der Waals surface area contributed by atoms with Crippen LogP contribution < -0.4 is 5.73 Å². The summed E-state index contributed by atoms with van der Waals surface area (Å²) in [7, 11) is 0. The largest absolute Gasteiger partial charge is 0.324 e. The zero-order valence-corrected chi connectivity index (χ0v) is 12.3. The highest BCUT2D eigenvalue weighted by molar-refractivity contribution is 14.1. The Bertz CT molecular complexity index is 584. The third-order valence-corrected chi connectivity index (χ3v) is 3.89. The lowest BCUT2D eigenvalue weighted by Gasteiger charge is -2.13. The van der Waals surface area contributed by atoms with Crippen LogP contribution in [-0.2, 0) is 6.42 Å². The highest BCUT2D eigenvalue weighted by Crippen LogP contribution is 2.22. The Labute approximate surface area is 124 Å². The van der Waals surface area contributed by atoms with Crippen molar-refractivity contribution in [1.29, 1.82) is 0 Å². The summed E-state index contributed by atoms with van der Waals surface area (Å²) < 4.78 is 1.13. The molecule has 0 radical (unpaired) electrons. The van der Waals surface area contributed by atoms with Crippen LogP contribution in [0, 0.1) is 13.7 Å². The normalized spacial score (nSPS) is 12.1. The minimum absolute atomic E-state index is 0.102. The van der Waals surface area contributed by atoms with Gasteiger partial charge >= 0.3 is 0 Å². The van der Waals surface area contributed by atoms with E-state index in [0.29, 0.717) is 6.42 Å². The first-order valence-corrected chi connectivity index (χ1v) is 6.89. The van der Waals surface area contributed by atoms with Crippen molar-refractivity contribution in [2.75, 3.05) is 0 Å². The van der Waals surface area contributed by atoms with Crippen LogP contribution >= 0.6 is 22.6 Å². The summed E-state index contributed by atoms with van der Waals surface area (Å²) in [6.07, 6.45) is 0.665. The van der Waals surface area contributed by atoms with Crippen LogP contribution in [0.2, 0.25) is 0 Å². The first-order valence-electron chi connectivity index (χ1n) is 5.81. The van der Waals surface area contributed by atoms with E-state index in [0.717, 1.165) is 14.7 Å². The molecular weight excluding hydrogens is 355 g/mol. The van der Waals surface area contributed by atoms with E-state index in [1.165, 1.54) is 12.1 Å². The molecule has 0 fully saturated rings. The van der Waals surface area contributed by atoms with Gasteiger partial charge in [-0.25, -0.2) is 0 Å². The van der Waals surface area contributed by atoms with Crippen LogP contribution in [0.3, 0.4) is 0 Å². The zero-order valence-electron chi connectivity index (χ0n) is 10.1. The van der Waals surface area contributed by atoms with Crippen LogP contribution in [0.5, 0.6) is 0 Å². The quantitative estimate of drug-likeness (QED) is 0.511. The first-order chi connectivity index (χ1) is 9.08. The maximum Gasteiger partial charge on any atom is 0.269 e. The van der Waals surface area contributed by atoms with Gasteiger partial charge in [-0.05, 0) is 46.2 Å². The molecule has 1 atom stereocenters. The maximum atomic E-state index is 10.6. The number of rotatable bonds is 4. The fraction of sp³-hybridized carbons (Fsp3) is 0.143. The first kappa shape index (κ1) is 14.0. The van der Waals surface area contributed by atoms with Crippen LogP contribution in [-0.4, -0.2) is 4.92 Å². The third kappa shape index (κ3) is 3.51. The average Bonchev–Trinajstić information content (AvgIpc) is 2.39. The Balaban J connectivity index is 2.13. The van der Waals surface area contributed by atoms with Crippen LogP contribution in [0.25, 0.3) is 0 Å². The molecule has 5 heteroatoms.